The molecule has 0 unspecified atom stereocenters. The molecule has 0 aromatic carbocycles. The molecule has 1 aliphatic heterocycles. The van der Waals surface area contributed by atoms with Gasteiger partial charge in [0.15, 0.2) is 5.82 Å². The average Bonchev–Trinajstić information content (AvgIpc) is 2.90. The van der Waals surface area contributed by atoms with E-state index in [9.17, 15) is 0 Å². The number of aromatic amines is 1. The van der Waals surface area contributed by atoms with Crippen LogP contribution in [0.5, 0.6) is 0 Å². The summed E-state index contributed by atoms with van der Waals surface area (Å²) in [5.74, 6) is 2.93. The third-order valence-electron chi connectivity index (χ3n) is 4.15. The molecule has 0 atom stereocenters. The molecule has 4 N–H and O–H groups in total. The maximum absolute atomic E-state index is 6.12. The normalized spacial score (nSPS) is 16.0. The van der Waals surface area contributed by atoms with Gasteiger partial charge in [0.25, 0.3) is 0 Å². The third-order valence-corrected chi connectivity index (χ3v) is 4.15. The Hall–Kier alpha value is -2.31. The number of aryl methyl sites for hydroxylation is 2. The predicted molar refractivity (Wildman–Crippen MR) is 88.4 cm³/mol. The largest absolute Gasteiger partial charge is 0.394 e. The van der Waals surface area contributed by atoms with Gasteiger partial charge in [0.05, 0.1) is 17.1 Å². The summed E-state index contributed by atoms with van der Waals surface area (Å²) in [5, 5.41) is 10.2. The molecule has 0 bridgehead atoms. The second kappa shape index (κ2) is 5.82. The molecule has 7 nitrogen and oxygen atoms in total. The number of aromatic nitrogens is 4. The fourth-order valence-electron chi connectivity index (χ4n) is 2.63. The standard InChI is InChI=1S/C15H23N7/c1-9-4-6-22(7-5-9)15-17-11(3)13(16)14(19-15)18-12-8-10(2)20-21-12/h8-9H,4-7,16H2,1-3H3,(H2,17,18,19,20,21). The molecule has 2 aromatic rings. The molecule has 0 amide bonds. The van der Waals surface area contributed by atoms with Crippen molar-refractivity contribution in [2.75, 3.05) is 29.0 Å². The summed E-state index contributed by atoms with van der Waals surface area (Å²) in [6.45, 7) is 8.12. The first-order valence-corrected chi connectivity index (χ1v) is 7.71. The molecule has 3 heterocycles. The Morgan fingerprint density at radius 2 is 2.00 bits per heavy atom. The van der Waals surface area contributed by atoms with Crippen molar-refractivity contribution in [3.8, 4) is 0 Å². The lowest BCUT2D eigenvalue weighted by molar-refractivity contribution is 0.434. The molecule has 0 radical (unpaired) electrons. The minimum Gasteiger partial charge on any atom is -0.394 e. The van der Waals surface area contributed by atoms with Crippen molar-refractivity contribution in [3.05, 3.63) is 17.5 Å². The summed E-state index contributed by atoms with van der Waals surface area (Å²) >= 11 is 0. The number of nitrogens with zero attached hydrogens (tertiary/aromatic N) is 4. The molecule has 0 spiro atoms. The van der Waals surface area contributed by atoms with Gasteiger partial charge < -0.3 is 16.0 Å². The van der Waals surface area contributed by atoms with Crippen LogP contribution in [0, 0.1) is 19.8 Å². The van der Waals surface area contributed by atoms with E-state index in [0.29, 0.717) is 11.5 Å². The molecular weight excluding hydrogens is 278 g/mol. The number of nitrogens with one attached hydrogen (secondary N) is 2. The summed E-state index contributed by atoms with van der Waals surface area (Å²) in [5.41, 5.74) is 8.40. The van der Waals surface area contributed by atoms with Crippen LogP contribution >= 0.6 is 0 Å². The molecule has 118 valence electrons. The fourth-order valence-corrected chi connectivity index (χ4v) is 2.63. The van der Waals surface area contributed by atoms with Gasteiger partial charge in [-0.05, 0) is 32.6 Å². The predicted octanol–water partition coefficient (Wildman–Crippen LogP) is 2.38. The number of H-pyrrole nitrogens is 1. The minimum atomic E-state index is 0.571. The second-order valence-corrected chi connectivity index (χ2v) is 6.09. The highest BCUT2D eigenvalue weighted by Crippen LogP contribution is 2.27. The first-order chi connectivity index (χ1) is 10.5. The maximum Gasteiger partial charge on any atom is 0.227 e. The van der Waals surface area contributed by atoms with Gasteiger partial charge in [0.2, 0.25) is 5.95 Å². The number of hydrogen-bond donors (Lipinski definition) is 3. The number of nitrogen functional groups attached to an aromatic ring is 1. The van der Waals surface area contributed by atoms with E-state index in [0.717, 1.165) is 42.2 Å². The molecule has 7 heteroatoms. The topological polar surface area (TPSA) is 95.8 Å². The van der Waals surface area contributed by atoms with Crippen LogP contribution in [0.4, 0.5) is 23.3 Å². The Morgan fingerprint density at radius 1 is 1.27 bits per heavy atom. The molecule has 1 fully saturated rings. The van der Waals surface area contributed by atoms with Gasteiger partial charge in [-0.1, -0.05) is 6.92 Å². The first kappa shape index (κ1) is 14.6. The average molecular weight is 301 g/mol. The second-order valence-electron chi connectivity index (χ2n) is 6.09. The van der Waals surface area contributed by atoms with Crippen molar-refractivity contribution in [1.82, 2.24) is 20.2 Å². The molecule has 0 aliphatic carbocycles. The summed E-state index contributed by atoms with van der Waals surface area (Å²) in [6.07, 6.45) is 2.35. The molecule has 2 aromatic heterocycles. The lowest BCUT2D eigenvalue weighted by Crippen LogP contribution is -2.34. The Kier molecular flexibility index (Phi) is 3.87. The highest BCUT2D eigenvalue weighted by Gasteiger charge is 2.20. The van der Waals surface area contributed by atoms with Crippen LogP contribution in [0.15, 0.2) is 6.07 Å². The molecule has 3 rings (SSSR count). The van der Waals surface area contributed by atoms with Crippen LogP contribution in [0.25, 0.3) is 0 Å². The van der Waals surface area contributed by atoms with Crippen LogP contribution in [0.3, 0.4) is 0 Å². The van der Waals surface area contributed by atoms with Crippen molar-refractivity contribution in [3.63, 3.8) is 0 Å². The van der Waals surface area contributed by atoms with E-state index in [1.165, 1.54) is 12.8 Å². The molecule has 1 saturated heterocycles. The zero-order chi connectivity index (χ0) is 15.7. The van der Waals surface area contributed by atoms with E-state index >= 15 is 0 Å². The lowest BCUT2D eigenvalue weighted by atomic mass is 10.00. The summed E-state index contributed by atoms with van der Waals surface area (Å²) in [6, 6.07) is 1.92. The Balaban J connectivity index is 1.86. The number of rotatable bonds is 3. The summed E-state index contributed by atoms with van der Waals surface area (Å²) in [4.78, 5) is 11.4. The lowest BCUT2D eigenvalue weighted by Gasteiger charge is -2.30. The molecule has 22 heavy (non-hydrogen) atoms. The fraction of sp³-hybridized carbons (Fsp3) is 0.533. The van der Waals surface area contributed by atoms with Crippen molar-refractivity contribution >= 4 is 23.3 Å². The zero-order valence-electron chi connectivity index (χ0n) is 13.3. The van der Waals surface area contributed by atoms with Crippen LogP contribution in [-0.2, 0) is 0 Å². The summed E-state index contributed by atoms with van der Waals surface area (Å²) < 4.78 is 0. The van der Waals surface area contributed by atoms with Crippen molar-refractivity contribution < 1.29 is 0 Å². The Morgan fingerprint density at radius 3 is 2.64 bits per heavy atom. The van der Waals surface area contributed by atoms with Crippen LogP contribution < -0.4 is 16.0 Å². The van der Waals surface area contributed by atoms with E-state index in [1.54, 1.807) is 0 Å². The quantitative estimate of drug-likeness (QED) is 0.805. The van der Waals surface area contributed by atoms with Crippen LogP contribution in [0.1, 0.15) is 31.2 Å². The molecular formula is C15H23N7. The number of anilines is 4. The highest BCUT2D eigenvalue weighted by atomic mass is 15.3. The van der Waals surface area contributed by atoms with Gasteiger partial charge in [-0.25, -0.2) is 4.98 Å². The van der Waals surface area contributed by atoms with E-state index in [-0.39, 0.29) is 0 Å². The number of piperidine rings is 1. The highest BCUT2D eigenvalue weighted by molar-refractivity contribution is 5.70. The number of nitrogens with two attached hydrogens (primary N) is 1. The van der Waals surface area contributed by atoms with Crippen LogP contribution in [-0.4, -0.2) is 33.3 Å². The first-order valence-electron chi connectivity index (χ1n) is 7.71. The zero-order valence-corrected chi connectivity index (χ0v) is 13.3. The smallest absolute Gasteiger partial charge is 0.227 e. The van der Waals surface area contributed by atoms with E-state index in [1.807, 2.05) is 19.9 Å². The van der Waals surface area contributed by atoms with Gasteiger partial charge >= 0.3 is 0 Å². The molecule has 0 saturated carbocycles. The number of hydrogen-bond acceptors (Lipinski definition) is 6. The van der Waals surface area contributed by atoms with Gasteiger partial charge in [-0.2, -0.15) is 10.1 Å². The van der Waals surface area contributed by atoms with E-state index < -0.39 is 0 Å². The van der Waals surface area contributed by atoms with Crippen molar-refractivity contribution in [2.24, 2.45) is 5.92 Å². The van der Waals surface area contributed by atoms with Crippen molar-refractivity contribution in [1.29, 1.82) is 0 Å². The Bertz CT molecular complexity index is 656. The van der Waals surface area contributed by atoms with Gasteiger partial charge in [0, 0.05) is 19.2 Å². The summed E-state index contributed by atoms with van der Waals surface area (Å²) in [7, 11) is 0. The Labute approximate surface area is 130 Å². The van der Waals surface area contributed by atoms with Crippen molar-refractivity contribution in [2.45, 2.75) is 33.6 Å². The van der Waals surface area contributed by atoms with Gasteiger partial charge in [-0.15, -0.1) is 0 Å². The third kappa shape index (κ3) is 2.98. The monoisotopic (exact) mass is 301 g/mol. The molecule has 1 aliphatic rings. The SMILES string of the molecule is Cc1cc(Nc2nc(N3CCC(C)CC3)nc(C)c2N)[nH]n1. The van der Waals surface area contributed by atoms with Crippen LogP contribution in [0.2, 0.25) is 0 Å². The maximum atomic E-state index is 6.12. The minimum absolute atomic E-state index is 0.571. The van der Waals surface area contributed by atoms with Gasteiger partial charge in [-0.3, -0.25) is 5.10 Å². The van der Waals surface area contributed by atoms with E-state index in [2.05, 4.69) is 37.3 Å². The van der Waals surface area contributed by atoms with E-state index in [4.69, 9.17) is 5.73 Å². The van der Waals surface area contributed by atoms with Gasteiger partial charge in [0.1, 0.15) is 5.82 Å².